The van der Waals surface area contributed by atoms with Gasteiger partial charge in [-0.15, -0.1) is 5.10 Å². The largest absolute Gasteiger partial charge is 0.379 e. The highest BCUT2D eigenvalue weighted by atomic mass is 16.1. The van der Waals surface area contributed by atoms with Crippen LogP contribution in [0.15, 0.2) is 65.5 Å². The molecule has 6 nitrogen and oxygen atoms in total. The predicted octanol–water partition coefficient (Wildman–Crippen LogP) is 3.01. The molecule has 4 aromatic rings. The maximum atomic E-state index is 12.3. The van der Waals surface area contributed by atoms with Gasteiger partial charge in [0.25, 0.3) is 5.56 Å². The van der Waals surface area contributed by atoms with Gasteiger partial charge in [0.15, 0.2) is 5.82 Å². The van der Waals surface area contributed by atoms with Gasteiger partial charge in [0.2, 0.25) is 5.78 Å². The molecule has 4 rings (SSSR count). The van der Waals surface area contributed by atoms with Crippen LogP contribution in [0.5, 0.6) is 0 Å². The highest BCUT2D eigenvalue weighted by Crippen LogP contribution is 2.14. The van der Waals surface area contributed by atoms with Crippen molar-refractivity contribution < 1.29 is 0 Å². The third kappa shape index (κ3) is 3.14. The van der Waals surface area contributed by atoms with Gasteiger partial charge in [-0.2, -0.15) is 9.50 Å². The van der Waals surface area contributed by atoms with Crippen LogP contribution in [0.2, 0.25) is 0 Å². The minimum atomic E-state index is -0.204. The molecule has 0 atom stereocenters. The molecule has 0 aliphatic rings. The molecular weight excluding hydrogens is 314 g/mol. The van der Waals surface area contributed by atoms with Crippen molar-refractivity contribution in [3.8, 4) is 11.4 Å². The Morgan fingerprint density at radius 2 is 1.92 bits per heavy atom. The van der Waals surface area contributed by atoms with Gasteiger partial charge in [-0.1, -0.05) is 42.5 Å². The number of benzene rings is 2. The lowest BCUT2D eigenvalue weighted by Crippen LogP contribution is -2.17. The lowest BCUT2D eigenvalue weighted by atomic mass is 10.2. The Balaban J connectivity index is 1.64. The first-order valence-corrected chi connectivity index (χ1v) is 8.04. The van der Waals surface area contributed by atoms with E-state index in [2.05, 4.69) is 26.4 Å². The first kappa shape index (κ1) is 15.1. The molecule has 2 aromatic heterocycles. The summed E-state index contributed by atoms with van der Waals surface area (Å²) in [6.07, 6.45) is 0. The van der Waals surface area contributed by atoms with Crippen LogP contribution in [0.1, 0.15) is 11.3 Å². The van der Waals surface area contributed by atoms with Crippen LogP contribution < -0.4 is 10.9 Å². The monoisotopic (exact) mass is 331 g/mol. The number of anilines is 1. The number of nitrogens with zero attached hydrogens (tertiary/aromatic N) is 3. The minimum Gasteiger partial charge on any atom is -0.379 e. The van der Waals surface area contributed by atoms with E-state index in [1.54, 1.807) is 6.07 Å². The molecule has 0 aliphatic carbocycles. The van der Waals surface area contributed by atoms with Crippen molar-refractivity contribution in [2.45, 2.75) is 13.5 Å². The van der Waals surface area contributed by atoms with E-state index >= 15 is 0 Å². The molecule has 2 N–H and O–H groups in total. The zero-order valence-corrected chi connectivity index (χ0v) is 13.7. The van der Waals surface area contributed by atoms with Crippen molar-refractivity contribution in [2.24, 2.45) is 0 Å². The van der Waals surface area contributed by atoms with Crippen LogP contribution in [0.25, 0.3) is 17.2 Å². The molecule has 0 aliphatic heterocycles. The van der Waals surface area contributed by atoms with Gasteiger partial charge in [-0.25, -0.2) is 0 Å². The zero-order valence-electron chi connectivity index (χ0n) is 13.7. The number of aromatic nitrogens is 4. The van der Waals surface area contributed by atoms with E-state index in [9.17, 15) is 4.79 Å². The van der Waals surface area contributed by atoms with E-state index in [-0.39, 0.29) is 5.56 Å². The third-order valence-corrected chi connectivity index (χ3v) is 3.92. The Kier molecular flexibility index (Phi) is 3.78. The molecule has 2 heterocycles. The quantitative estimate of drug-likeness (QED) is 0.603. The van der Waals surface area contributed by atoms with Crippen LogP contribution in [-0.2, 0) is 6.54 Å². The molecule has 0 bridgehead atoms. The lowest BCUT2D eigenvalue weighted by molar-refractivity contribution is 0.879. The van der Waals surface area contributed by atoms with Gasteiger partial charge in [0.1, 0.15) is 0 Å². The summed E-state index contributed by atoms with van der Waals surface area (Å²) in [5.74, 6) is 0.963. The SMILES string of the molecule is Cc1cccc(NCc2cc(=O)n3nc(-c4ccccc4)nc3[nH]2)c1. The van der Waals surface area contributed by atoms with Gasteiger partial charge in [-0.05, 0) is 24.6 Å². The fourth-order valence-corrected chi connectivity index (χ4v) is 2.69. The van der Waals surface area contributed by atoms with Crippen LogP contribution in [0, 0.1) is 6.92 Å². The normalized spacial score (nSPS) is 10.9. The highest BCUT2D eigenvalue weighted by Gasteiger charge is 2.09. The van der Waals surface area contributed by atoms with E-state index in [4.69, 9.17) is 0 Å². The van der Waals surface area contributed by atoms with E-state index in [1.165, 1.54) is 10.1 Å². The van der Waals surface area contributed by atoms with E-state index < -0.39 is 0 Å². The van der Waals surface area contributed by atoms with Crippen LogP contribution >= 0.6 is 0 Å². The van der Waals surface area contributed by atoms with Gasteiger partial charge in [0, 0.05) is 23.0 Å². The first-order chi connectivity index (χ1) is 12.2. The second kappa shape index (κ2) is 6.24. The van der Waals surface area contributed by atoms with Gasteiger partial charge < -0.3 is 10.3 Å². The average Bonchev–Trinajstić information content (AvgIpc) is 3.06. The van der Waals surface area contributed by atoms with Crippen molar-refractivity contribution in [3.63, 3.8) is 0 Å². The molecule has 124 valence electrons. The number of hydrogen-bond acceptors (Lipinski definition) is 4. The smallest absolute Gasteiger partial charge is 0.275 e. The average molecular weight is 331 g/mol. The Morgan fingerprint density at radius 1 is 1.08 bits per heavy atom. The summed E-state index contributed by atoms with van der Waals surface area (Å²) in [5, 5.41) is 7.60. The number of rotatable bonds is 4. The summed E-state index contributed by atoms with van der Waals surface area (Å²) in [4.78, 5) is 19.9. The standard InChI is InChI=1S/C19H17N5O/c1-13-6-5-9-15(10-13)20-12-16-11-17(25)24-19(21-16)22-18(23-24)14-7-3-2-4-8-14/h2-11,20H,12H2,1H3,(H,21,22,23). The second-order valence-corrected chi connectivity index (χ2v) is 5.89. The van der Waals surface area contributed by atoms with Gasteiger partial charge in [0.05, 0.1) is 6.54 Å². The number of aromatic amines is 1. The highest BCUT2D eigenvalue weighted by molar-refractivity contribution is 5.56. The number of aryl methyl sites for hydroxylation is 1. The van der Waals surface area contributed by atoms with Crippen LogP contribution in [0.4, 0.5) is 5.69 Å². The lowest BCUT2D eigenvalue weighted by Gasteiger charge is -2.07. The maximum absolute atomic E-state index is 12.3. The third-order valence-electron chi connectivity index (χ3n) is 3.92. The summed E-state index contributed by atoms with van der Waals surface area (Å²) in [6, 6.07) is 19.2. The summed E-state index contributed by atoms with van der Waals surface area (Å²) < 4.78 is 1.29. The summed E-state index contributed by atoms with van der Waals surface area (Å²) in [7, 11) is 0. The van der Waals surface area contributed by atoms with Gasteiger partial charge in [-0.3, -0.25) is 4.79 Å². The van der Waals surface area contributed by atoms with Crippen molar-refractivity contribution in [1.29, 1.82) is 0 Å². The molecule has 0 spiro atoms. The predicted molar refractivity (Wildman–Crippen MR) is 97.5 cm³/mol. The van der Waals surface area contributed by atoms with Gasteiger partial charge >= 0.3 is 0 Å². The fraction of sp³-hybridized carbons (Fsp3) is 0.105. The van der Waals surface area contributed by atoms with Crippen LogP contribution in [0.3, 0.4) is 0 Å². The number of fused-ring (bicyclic) bond motifs is 1. The molecule has 25 heavy (non-hydrogen) atoms. The Hall–Kier alpha value is -3.41. The zero-order chi connectivity index (χ0) is 17.2. The maximum Gasteiger partial charge on any atom is 0.275 e. The molecular formula is C19H17N5O. The number of nitrogens with one attached hydrogen (secondary N) is 2. The number of hydrogen-bond donors (Lipinski definition) is 2. The fourth-order valence-electron chi connectivity index (χ4n) is 2.69. The van der Waals surface area contributed by atoms with Crippen molar-refractivity contribution in [3.05, 3.63) is 82.3 Å². The summed E-state index contributed by atoms with van der Waals surface area (Å²) in [6.45, 7) is 2.54. The molecule has 0 unspecified atom stereocenters. The van der Waals surface area contributed by atoms with E-state index in [0.29, 0.717) is 18.1 Å². The van der Waals surface area contributed by atoms with E-state index in [1.807, 2.05) is 55.5 Å². The Morgan fingerprint density at radius 3 is 2.72 bits per heavy atom. The number of H-pyrrole nitrogens is 1. The van der Waals surface area contributed by atoms with Crippen molar-refractivity contribution >= 4 is 11.5 Å². The van der Waals surface area contributed by atoms with Crippen molar-refractivity contribution in [1.82, 2.24) is 19.6 Å². The molecule has 6 heteroatoms. The Bertz CT molecular complexity index is 1080. The molecule has 0 radical (unpaired) electrons. The van der Waals surface area contributed by atoms with Crippen molar-refractivity contribution in [2.75, 3.05) is 5.32 Å². The minimum absolute atomic E-state index is 0.204. The molecule has 0 fully saturated rings. The molecule has 0 saturated carbocycles. The summed E-state index contributed by atoms with van der Waals surface area (Å²) >= 11 is 0. The molecule has 2 aromatic carbocycles. The molecule has 0 saturated heterocycles. The molecule has 0 amide bonds. The second-order valence-electron chi connectivity index (χ2n) is 5.89. The Labute approximate surface area is 144 Å². The summed E-state index contributed by atoms with van der Waals surface area (Å²) in [5.41, 5.74) is 3.61. The van der Waals surface area contributed by atoms with E-state index in [0.717, 1.165) is 16.9 Å². The first-order valence-electron chi connectivity index (χ1n) is 8.04. The van der Waals surface area contributed by atoms with Crippen LogP contribution in [-0.4, -0.2) is 19.6 Å². The topological polar surface area (TPSA) is 75.1 Å².